The van der Waals surface area contributed by atoms with Gasteiger partial charge in [0, 0.05) is 12.1 Å². The van der Waals surface area contributed by atoms with E-state index >= 15 is 0 Å². The molecule has 43 heavy (non-hydrogen) atoms. The van der Waals surface area contributed by atoms with Crippen LogP contribution in [0, 0.1) is 10.1 Å². The Morgan fingerprint density at radius 3 is 2.28 bits per heavy atom. The van der Waals surface area contributed by atoms with E-state index in [1.54, 1.807) is 24.3 Å². The first-order valence-electron chi connectivity index (χ1n) is 12.8. The molecule has 0 saturated carbocycles. The van der Waals surface area contributed by atoms with Crippen LogP contribution in [0.2, 0.25) is 0 Å². The van der Waals surface area contributed by atoms with Crippen molar-refractivity contribution in [3.05, 3.63) is 118 Å². The van der Waals surface area contributed by atoms with Crippen molar-refractivity contribution < 1.29 is 32.3 Å². The molecule has 0 aliphatic rings. The van der Waals surface area contributed by atoms with Gasteiger partial charge in [-0.05, 0) is 53.6 Å². The number of para-hydroxylation sites is 1. The van der Waals surface area contributed by atoms with Crippen LogP contribution in [0.25, 0.3) is 0 Å². The van der Waals surface area contributed by atoms with E-state index in [1.807, 2.05) is 30.3 Å². The second-order valence-electron chi connectivity index (χ2n) is 8.91. The van der Waals surface area contributed by atoms with Crippen LogP contribution in [0.1, 0.15) is 11.1 Å². The summed E-state index contributed by atoms with van der Waals surface area (Å²) in [5.74, 6) is 0.273. The third kappa shape index (κ3) is 7.65. The lowest BCUT2D eigenvalue weighted by Gasteiger charge is -2.25. The quantitative estimate of drug-likeness (QED) is 0.133. The molecule has 1 amide bonds. The van der Waals surface area contributed by atoms with Gasteiger partial charge in [0.25, 0.3) is 21.6 Å². The maximum Gasteiger partial charge on any atom is 0.289 e. The van der Waals surface area contributed by atoms with Gasteiger partial charge in [-0.15, -0.1) is 0 Å². The zero-order valence-electron chi connectivity index (χ0n) is 23.2. The topological polar surface area (TPSA) is 150 Å². The van der Waals surface area contributed by atoms with Crippen molar-refractivity contribution >= 4 is 33.5 Å². The molecule has 4 aromatic rings. The van der Waals surface area contributed by atoms with Gasteiger partial charge in [0.1, 0.15) is 30.4 Å². The molecule has 12 nitrogen and oxygen atoms in total. The van der Waals surface area contributed by atoms with Crippen molar-refractivity contribution in [1.29, 1.82) is 0 Å². The second kappa shape index (κ2) is 14.0. The number of amides is 1. The maximum atomic E-state index is 13.8. The highest BCUT2D eigenvalue weighted by molar-refractivity contribution is 7.93. The number of hydrazone groups is 1. The van der Waals surface area contributed by atoms with Crippen LogP contribution in [-0.4, -0.2) is 46.2 Å². The highest BCUT2D eigenvalue weighted by atomic mass is 32.2. The number of nitrogens with one attached hydrogen (secondary N) is 1. The summed E-state index contributed by atoms with van der Waals surface area (Å²) in [6.45, 7) is -0.352. The van der Waals surface area contributed by atoms with Crippen molar-refractivity contribution in [1.82, 2.24) is 5.43 Å². The standard InChI is InChI=1S/C30H28N4O8S/c1-40-25-16-17-26(28(18-25)41-2)33(43(38,39)29-11-7-6-10-27(29)34(36)37)20-30(35)32-31-19-22-12-14-24(15-13-22)42-21-23-8-4-3-5-9-23/h3-19H,20-21H2,1-2H3,(H,32,35)/b31-19-. The number of methoxy groups -OCH3 is 2. The molecule has 0 aromatic heterocycles. The summed E-state index contributed by atoms with van der Waals surface area (Å²) in [5.41, 5.74) is 3.30. The number of anilines is 1. The molecule has 0 spiro atoms. The summed E-state index contributed by atoms with van der Waals surface area (Å²) in [4.78, 5) is 23.2. The molecule has 0 saturated heterocycles. The van der Waals surface area contributed by atoms with Gasteiger partial charge in [0.05, 0.1) is 31.0 Å². The molecule has 13 heteroatoms. The summed E-state index contributed by atoms with van der Waals surface area (Å²) in [5, 5.41) is 15.6. The molecule has 222 valence electrons. The van der Waals surface area contributed by atoms with E-state index in [0.29, 0.717) is 23.7 Å². The largest absolute Gasteiger partial charge is 0.497 e. The number of carbonyl (C=O) groups excluding carboxylic acids is 1. The third-order valence-electron chi connectivity index (χ3n) is 6.10. The lowest BCUT2D eigenvalue weighted by Crippen LogP contribution is -2.40. The van der Waals surface area contributed by atoms with E-state index < -0.39 is 38.0 Å². The molecule has 0 heterocycles. The van der Waals surface area contributed by atoms with Crippen LogP contribution in [0.5, 0.6) is 17.2 Å². The van der Waals surface area contributed by atoms with Gasteiger partial charge in [-0.1, -0.05) is 42.5 Å². The number of nitro benzene ring substituents is 1. The number of carbonyl (C=O) groups is 1. The van der Waals surface area contributed by atoms with Gasteiger partial charge in [-0.2, -0.15) is 5.10 Å². The Kier molecular flexibility index (Phi) is 9.91. The van der Waals surface area contributed by atoms with Crippen LogP contribution in [0.3, 0.4) is 0 Å². The minimum atomic E-state index is -4.64. The van der Waals surface area contributed by atoms with Crippen LogP contribution >= 0.6 is 0 Å². The summed E-state index contributed by atoms with van der Waals surface area (Å²) in [6.07, 6.45) is 1.38. The Morgan fingerprint density at radius 2 is 1.60 bits per heavy atom. The summed E-state index contributed by atoms with van der Waals surface area (Å²) in [7, 11) is -1.90. The van der Waals surface area contributed by atoms with Crippen LogP contribution < -0.4 is 23.9 Å². The fourth-order valence-electron chi connectivity index (χ4n) is 3.97. The zero-order valence-corrected chi connectivity index (χ0v) is 24.1. The number of hydrogen-bond acceptors (Lipinski definition) is 9. The second-order valence-corrected chi connectivity index (χ2v) is 10.7. The van der Waals surface area contributed by atoms with Crippen molar-refractivity contribution in [2.75, 3.05) is 25.1 Å². The number of hydrogen-bond donors (Lipinski definition) is 1. The third-order valence-corrected chi connectivity index (χ3v) is 7.91. The molecular weight excluding hydrogens is 576 g/mol. The van der Waals surface area contributed by atoms with Crippen LogP contribution in [0.4, 0.5) is 11.4 Å². The maximum absolute atomic E-state index is 13.8. The van der Waals surface area contributed by atoms with Crippen molar-refractivity contribution in [3.63, 3.8) is 0 Å². The number of benzene rings is 4. The fourth-order valence-corrected chi connectivity index (χ4v) is 5.56. The molecular formula is C30H28N4O8S. The van der Waals surface area contributed by atoms with Gasteiger partial charge in [-0.3, -0.25) is 19.2 Å². The smallest absolute Gasteiger partial charge is 0.289 e. The number of nitro groups is 1. The van der Waals surface area contributed by atoms with E-state index in [4.69, 9.17) is 14.2 Å². The first-order chi connectivity index (χ1) is 20.7. The first-order valence-corrected chi connectivity index (χ1v) is 14.2. The van der Waals surface area contributed by atoms with Gasteiger partial charge < -0.3 is 14.2 Å². The predicted octanol–water partition coefficient (Wildman–Crippen LogP) is 4.54. The van der Waals surface area contributed by atoms with Crippen molar-refractivity contribution in [2.45, 2.75) is 11.5 Å². The molecule has 0 aliphatic carbocycles. The number of sulfonamides is 1. The molecule has 0 aliphatic heterocycles. The lowest BCUT2D eigenvalue weighted by molar-refractivity contribution is -0.387. The van der Waals surface area contributed by atoms with E-state index in [1.165, 1.54) is 50.8 Å². The molecule has 0 bridgehead atoms. The highest BCUT2D eigenvalue weighted by Gasteiger charge is 2.34. The summed E-state index contributed by atoms with van der Waals surface area (Å²) >= 11 is 0. The molecule has 0 atom stereocenters. The van der Waals surface area contributed by atoms with Crippen molar-refractivity contribution in [2.24, 2.45) is 5.10 Å². The van der Waals surface area contributed by atoms with E-state index in [9.17, 15) is 23.3 Å². The first kappa shape index (κ1) is 30.5. The molecule has 0 unspecified atom stereocenters. The number of nitrogens with zero attached hydrogens (tertiary/aromatic N) is 3. The van der Waals surface area contributed by atoms with E-state index in [2.05, 4.69) is 10.5 Å². The normalized spacial score (nSPS) is 11.1. The van der Waals surface area contributed by atoms with E-state index in [0.717, 1.165) is 22.0 Å². The molecule has 0 fully saturated rings. The summed E-state index contributed by atoms with van der Waals surface area (Å²) < 4.78 is 44.6. The number of rotatable bonds is 13. The summed E-state index contributed by atoms with van der Waals surface area (Å²) in [6, 6.07) is 25.8. The van der Waals surface area contributed by atoms with Gasteiger partial charge in [0.15, 0.2) is 4.90 Å². The van der Waals surface area contributed by atoms with Crippen LogP contribution in [-0.2, 0) is 21.4 Å². The van der Waals surface area contributed by atoms with Crippen LogP contribution in [0.15, 0.2) is 107 Å². The van der Waals surface area contributed by atoms with Gasteiger partial charge >= 0.3 is 0 Å². The number of ether oxygens (including phenoxy) is 3. The average molecular weight is 605 g/mol. The zero-order chi connectivity index (χ0) is 30.8. The van der Waals surface area contributed by atoms with Crippen molar-refractivity contribution in [3.8, 4) is 17.2 Å². The lowest BCUT2D eigenvalue weighted by atomic mass is 10.2. The minimum Gasteiger partial charge on any atom is -0.497 e. The molecule has 1 N–H and O–H groups in total. The Morgan fingerprint density at radius 1 is 0.930 bits per heavy atom. The average Bonchev–Trinajstić information content (AvgIpc) is 3.03. The molecule has 4 aromatic carbocycles. The Balaban J connectivity index is 1.53. The SMILES string of the molecule is COc1ccc(N(CC(=O)N/N=C\c2ccc(OCc3ccccc3)cc2)S(=O)(=O)c2ccccc2[N+](=O)[O-])c(OC)c1. The van der Waals surface area contributed by atoms with E-state index in [-0.39, 0.29) is 11.4 Å². The Hall–Kier alpha value is -5.43. The Bertz CT molecular complexity index is 1710. The highest BCUT2D eigenvalue weighted by Crippen LogP contribution is 2.37. The minimum absolute atomic E-state index is 0.0355. The van der Waals surface area contributed by atoms with Gasteiger partial charge in [-0.25, -0.2) is 13.8 Å². The fraction of sp³-hybridized carbons (Fsp3) is 0.133. The Labute approximate surface area is 248 Å². The molecule has 0 radical (unpaired) electrons. The monoisotopic (exact) mass is 604 g/mol. The predicted molar refractivity (Wildman–Crippen MR) is 160 cm³/mol. The van der Waals surface area contributed by atoms with Gasteiger partial charge in [0.2, 0.25) is 0 Å². The molecule has 4 rings (SSSR count).